The molecule has 4 nitrogen and oxygen atoms in total. The second kappa shape index (κ2) is 6.53. The van der Waals surface area contributed by atoms with Crippen molar-refractivity contribution in [2.75, 3.05) is 18.5 Å². The van der Waals surface area contributed by atoms with E-state index in [1.807, 2.05) is 6.92 Å². The lowest BCUT2D eigenvalue weighted by atomic mass is 10.0. The van der Waals surface area contributed by atoms with E-state index in [0.29, 0.717) is 17.2 Å². The minimum absolute atomic E-state index is 0.320. The van der Waals surface area contributed by atoms with Crippen molar-refractivity contribution in [3.63, 3.8) is 0 Å². The van der Waals surface area contributed by atoms with Gasteiger partial charge >= 0.3 is 0 Å². The van der Waals surface area contributed by atoms with E-state index in [1.54, 1.807) is 0 Å². The predicted molar refractivity (Wildman–Crippen MR) is 77.8 cm³/mol. The van der Waals surface area contributed by atoms with Gasteiger partial charge in [0.1, 0.15) is 16.8 Å². The van der Waals surface area contributed by atoms with Crippen LogP contribution in [0.15, 0.2) is 0 Å². The molecule has 1 aliphatic rings. The Morgan fingerprint density at radius 3 is 2.84 bits per heavy atom. The van der Waals surface area contributed by atoms with Crippen LogP contribution in [0.2, 0.25) is 5.15 Å². The highest BCUT2D eigenvalue weighted by Gasteiger charge is 2.24. The Labute approximate surface area is 119 Å². The maximum absolute atomic E-state index is 6.16. The number of hydrogen-bond donors (Lipinski definition) is 1. The molecule has 106 valence electrons. The third-order valence-electron chi connectivity index (χ3n) is 3.67. The molecule has 0 amide bonds. The molecule has 1 aromatic heterocycles. The van der Waals surface area contributed by atoms with Crippen molar-refractivity contribution < 1.29 is 4.74 Å². The number of nitrogens with one attached hydrogen (secondary N) is 1. The highest BCUT2D eigenvalue weighted by molar-refractivity contribution is 6.30. The van der Waals surface area contributed by atoms with E-state index in [-0.39, 0.29) is 0 Å². The molecule has 2 unspecified atom stereocenters. The van der Waals surface area contributed by atoms with Crippen molar-refractivity contribution in [3.8, 4) is 0 Å². The molecule has 0 radical (unpaired) electrons. The number of rotatable bonds is 5. The zero-order chi connectivity index (χ0) is 13.8. The van der Waals surface area contributed by atoms with Crippen LogP contribution in [-0.4, -0.2) is 29.2 Å². The molecular weight excluding hydrogens is 262 g/mol. The van der Waals surface area contributed by atoms with Gasteiger partial charge in [-0.15, -0.1) is 0 Å². The van der Waals surface area contributed by atoms with Crippen LogP contribution < -0.4 is 5.32 Å². The van der Waals surface area contributed by atoms with E-state index in [1.165, 1.54) is 0 Å². The average molecular weight is 284 g/mol. The van der Waals surface area contributed by atoms with E-state index in [9.17, 15) is 0 Å². The Kier molecular flexibility index (Phi) is 4.99. The van der Waals surface area contributed by atoms with E-state index >= 15 is 0 Å². The summed E-state index contributed by atoms with van der Waals surface area (Å²) < 4.78 is 5.57. The first-order valence-corrected chi connectivity index (χ1v) is 7.38. The standard InChI is InChI=1S/C14H22ClN3O/c1-4-5-12-17-13(15)9(2)14(18-12)16-8-11-6-7-19-10(11)3/h10-11H,4-8H2,1-3H3,(H,16,17,18). The summed E-state index contributed by atoms with van der Waals surface area (Å²) in [7, 11) is 0. The maximum atomic E-state index is 6.16. The van der Waals surface area contributed by atoms with Crippen molar-refractivity contribution in [1.29, 1.82) is 0 Å². The van der Waals surface area contributed by atoms with Gasteiger partial charge in [-0.1, -0.05) is 18.5 Å². The summed E-state index contributed by atoms with van der Waals surface area (Å²) in [5.41, 5.74) is 0.924. The molecule has 0 spiro atoms. The van der Waals surface area contributed by atoms with Gasteiger partial charge in [-0.25, -0.2) is 9.97 Å². The molecular formula is C14H22ClN3O. The summed E-state index contributed by atoms with van der Waals surface area (Å²) in [6, 6.07) is 0. The van der Waals surface area contributed by atoms with Crippen LogP contribution in [-0.2, 0) is 11.2 Å². The van der Waals surface area contributed by atoms with Gasteiger partial charge < -0.3 is 10.1 Å². The number of aryl methyl sites for hydroxylation is 1. The first kappa shape index (κ1) is 14.5. The summed E-state index contributed by atoms with van der Waals surface area (Å²) in [6.45, 7) is 7.93. The van der Waals surface area contributed by atoms with E-state index in [2.05, 4.69) is 29.1 Å². The predicted octanol–water partition coefficient (Wildman–Crippen LogP) is 3.23. The lowest BCUT2D eigenvalue weighted by molar-refractivity contribution is 0.108. The number of halogens is 1. The van der Waals surface area contributed by atoms with Crippen LogP contribution in [0, 0.1) is 12.8 Å². The van der Waals surface area contributed by atoms with Gasteiger partial charge in [0, 0.05) is 31.1 Å². The summed E-state index contributed by atoms with van der Waals surface area (Å²) in [6.07, 6.45) is 3.30. The Balaban J connectivity index is 2.06. The molecule has 1 aromatic rings. The molecule has 0 saturated carbocycles. The average Bonchev–Trinajstić information content (AvgIpc) is 2.78. The Bertz CT molecular complexity index is 439. The topological polar surface area (TPSA) is 47.0 Å². The van der Waals surface area contributed by atoms with Crippen molar-refractivity contribution in [2.24, 2.45) is 5.92 Å². The highest BCUT2D eigenvalue weighted by atomic mass is 35.5. The van der Waals surface area contributed by atoms with Crippen LogP contribution in [0.5, 0.6) is 0 Å². The van der Waals surface area contributed by atoms with E-state index in [4.69, 9.17) is 16.3 Å². The number of nitrogens with zero attached hydrogens (tertiary/aromatic N) is 2. The molecule has 5 heteroatoms. The zero-order valence-electron chi connectivity index (χ0n) is 11.9. The first-order chi connectivity index (χ1) is 9.11. The van der Waals surface area contributed by atoms with Crippen molar-refractivity contribution in [1.82, 2.24) is 9.97 Å². The quantitative estimate of drug-likeness (QED) is 0.843. The first-order valence-electron chi connectivity index (χ1n) is 7.00. The van der Waals surface area contributed by atoms with Gasteiger partial charge in [-0.2, -0.15) is 0 Å². The number of hydrogen-bond acceptors (Lipinski definition) is 4. The molecule has 0 aliphatic carbocycles. The summed E-state index contributed by atoms with van der Waals surface area (Å²) in [5, 5.41) is 3.96. The Morgan fingerprint density at radius 1 is 1.42 bits per heavy atom. The molecule has 0 bridgehead atoms. The molecule has 1 saturated heterocycles. The second-order valence-electron chi connectivity index (χ2n) is 5.16. The molecule has 1 N–H and O–H groups in total. The lowest BCUT2D eigenvalue weighted by Crippen LogP contribution is -2.22. The smallest absolute Gasteiger partial charge is 0.137 e. The van der Waals surface area contributed by atoms with E-state index in [0.717, 1.165) is 49.6 Å². The van der Waals surface area contributed by atoms with Gasteiger partial charge in [0.25, 0.3) is 0 Å². The van der Waals surface area contributed by atoms with Crippen LogP contribution in [0.3, 0.4) is 0 Å². The molecule has 2 rings (SSSR count). The van der Waals surface area contributed by atoms with Gasteiger partial charge in [0.05, 0.1) is 6.10 Å². The maximum Gasteiger partial charge on any atom is 0.137 e. The van der Waals surface area contributed by atoms with Gasteiger partial charge in [-0.05, 0) is 26.7 Å². The molecule has 1 aliphatic heterocycles. The Hall–Kier alpha value is -0.870. The summed E-state index contributed by atoms with van der Waals surface area (Å²) >= 11 is 6.16. The zero-order valence-corrected chi connectivity index (χ0v) is 12.6. The van der Waals surface area contributed by atoms with Crippen molar-refractivity contribution in [2.45, 2.75) is 46.1 Å². The van der Waals surface area contributed by atoms with Crippen LogP contribution in [0.4, 0.5) is 5.82 Å². The fourth-order valence-electron chi connectivity index (χ4n) is 2.31. The molecule has 2 heterocycles. The SMILES string of the molecule is CCCc1nc(Cl)c(C)c(NCC2CCOC2C)n1. The third-order valence-corrected chi connectivity index (χ3v) is 4.04. The highest BCUT2D eigenvalue weighted by Crippen LogP contribution is 2.24. The lowest BCUT2D eigenvalue weighted by Gasteiger charge is -2.17. The number of aromatic nitrogens is 2. The van der Waals surface area contributed by atoms with Crippen LogP contribution in [0.25, 0.3) is 0 Å². The van der Waals surface area contributed by atoms with Crippen LogP contribution >= 0.6 is 11.6 Å². The molecule has 1 fully saturated rings. The number of ether oxygens (including phenoxy) is 1. The Morgan fingerprint density at radius 2 is 2.21 bits per heavy atom. The minimum Gasteiger partial charge on any atom is -0.378 e. The summed E-state index contributed by atoms with van der Waals surface area (Å²) in [5.74, 6) is 2.22. The summed E-state index contributed by atoms with van der Waals surface area (Å²) in [4.78, 5) is 8.87. The second-order valence-corrected chi connectivity index (χ2v) is 5.52. The fourth-order valence-corrected chi connectivity index (χ4v) is 2.50. The molecule has 19 heavy (non-hydrogen) atoms. The normalized spacial score (nSPS) is 22.7. The van der Waals surface area contributed by atoms with Crippen molar-refractivity contribution in [3.05, 3.63) is 16.5 Å². The fraction of sp³-hybridized carbons (Fsp3) is 0.714. The van der Waals surface area contributed by atoms with Gasteiger partial charge in [0.2, 0.25) is 0 Å². The minimum atomic E-state index is 0.320. The van der Waals surface area contributed by atoms with Crippen LogP contribution in [0.1, 0.15) is 38.1 Å². The largest absolute Gasteiger partial charge is 0.378 e. The monoisotopic (exact) mass is 283 g/mol. The third kappa shape index (κ3) is 3.57. The number of anilines is 1. The van der Waals surface area contributed by atoms with Gasteiger partial charge in [0.15, 0.2) is 0 Å². The van der Waals surface area contributed by atoms with E-state index < -0.39 is 0 Å². The van der Waals surface area contributed by atoms with Crippen molar-refractivity contribution >= 4 is 17.4 Å². The molecule has 0 aromatic carbocycles. The van der Waals surface area contributed by atoms with Gasteiger partial charge in [-0.3, -0.25) is 0 Å². The molecule has 2 atom stereocenters.